The smallest absolute Gasteiger partial charge is 0.303 e. The van der Waals surface area contributed by atoms with Gasteiger partial charge in [-0.25, -0.2) is 0 Å². The quantitative estimate of drug-likeness (QED) is 0.620. The van der Waals surface area contributed by atoms with Gasteiger partial charge in [0, 0.05) is 12.8 Å². The second kappa shape index (κ2) is 9.68. The van der Waals surface area contributed by atoms with Gasteiger partial charge in [-0.3, -0.25) is 9.59 Å². The molecule has 0 aliphatic heterocycles. The Morgan fingerprint density at radius 3 is 2.08 bits per heavy atom. The maximum absolute atomic E-state index is 9.93. The van der Waals surface area contributed by atoms with Gasteiger partial charge in [0.05, 0.1) is 0 Å². The Labute approximate surface area is 72.1 Å². The number of hydrogen-bond donors (Lipinski definition) is 2. The molecule has 0 unspecified atom stereocenters. The number of carbonyl (C=O) groups is 2. The number of aliphatic carboxylic acids is 1. The van der Waals surface area contributed by atoms with Crippen molar-refractivity contribution < 1.29 is 14.7 Å². The van der Waals surface area contributed by atoms with Gasteiger partial charge in [-0.1, -0.05) is 13.0 Å². The lowest BCUT2D eigenvalue weighted by Crippen LogP contribution is -2.08. The van der Waals surface area contributed by atoms with Crippen LogP contribution in [0.3, 0.4) is 0 Å². The molecule has 0 aliphatic carbocycles. The summed E-state index contributed by atoms with van der Waals surface area (Å²) in [6.07, 6.45) is 3.00. The Kier molecular flexibility index (Phi) is 10.7. The van der Waals surface area contributed by atoms with Crippen molar-refractivity contribution in [1.29, 1.82) is 0 Å². The van der Waals surface area contributed by atoms with Crippen LogP contribution < -0.4 is 5.73 Å². The maximum Gasteiger partial charge on any atom is 0.303 e. The van der Waals surface area contributed by atoms with Gasteiger partial charge in [0.15, 0.2) is 0 Å². The van der Waals surface area contributed by atoms with Crippen LogP contribution in [-0.4, -0.2) is 17.0 Å². The first-order chi connectivity index (χ1) is 5.54. The molecule has 0 bridgehead atoms. The molecule has 0 saturated carbocycles. The standard InChI is InChI=1S/C5H9NO.C3H6O2/c1-2-3-4-5(6)7;1-2-3(4)5/h2H,1,3-4H2,(H2,6,7);2H2,1H3,(H,4,5). The number of amides is 1. The first-order valence-electron chi connectivity index (χ1n) is 3.65. The van der Waals surface area contributed by atoms with E-state index in [0.717, 1.165) is 0 Å². The Morgan fingerprint density at radius 2 is 2.00 bits per heavy atom. The fourth-order valence-corrected chi connectivity index (χ4v) is 0.244. The SMILES string of the molecule is C=CCCC(N)=O.CCC(=O)O. The lowest BCUT2D eigenvalue weighted by molar-refractivity contribution is -0.136. The third-order valence-electron chi connectivity index (χ3n) is 0.897. The van der Waals surface area contributed by atoms with E-state index in [9.17, 15) is 9.59 Å². The van der Waals surface area contributed by atoms with Gasteiger partial charge in [-0.15, -0.1) is 6.58 Å². The molecule has 0 saturated heterocycles. The average Bonchev–Trinajstić information content (AvgIpc) is 2.02. The average molecular weight is 173 g/mol. The van der Waals surface area contributed by atoms with Crippen LogP contribution in [0.1, 0.15) is 26.2 Å². The third kappa shape index (κ3) is 23.4. The molecular weight excluding hydrogens is 158 g/mol. The Balaban J connectivity index is 0. The first kappa shape index (κ1) is 13.3. The zero-order chi connectivity index (χ0) is 9.98. The van der Waals surface area contributed by atoms with Gasteiger partial charge in [-0.2, -0.15) is 0 Å². The van der Waals surface area contributed by atoms with Crippen LogP contribution in [0, 0.1) is 0 Å². The topological polar surface area (TPSA) is 80.4 Å². The summed E-state index contributed by atoms with van der Waals surface area (Å²) >= 11 is 0. The Morgan fingerprint density at radius 1 is 1.58 bits per heavy atom. The fraction of sp³-hybridized carbons (Fsp3) is 0.500. The highest BCUT2D eigenvalue weighted by Crippen LogP contribution is 1.84. The summed E-state index contributed by atoms with van der Waals surface area (Å²) in [6.45, 7) is 5.02. The van der Waals surface area contributed by atoms with Gasteiger partial charge >= 0.3 is 5.97 Å². The molecule has 0 rings (SSSR count). The molecule has 4 heteroatoms. The third-order valence-corrected chi connectivity index (χ3v) is 0.897. The van der Waals surface area contributed by atoms with Crippen LogP contribution in [0.5, 0.6) is 0 Å². The second-order valence-corrected chi connectivity index (χ2v) is 2.04. The van der Waals surface area contributed by atoms with Crippen LogP contribution in [0.4, 0.5) is 0 Å². The Hall–Kier alpha value is -1.32. The van der Waals surface area contributed by atoms with Crippen LogP contribution in [0.2, 0.25) is 0 Å². The molecular formula is C8H15NO3. The minimum absolute atomic E-state index is 0.222. The summed E-state index contributed by atoms with van der Waals surface area (Å²) in [7, 11) is 0. The highest BCUT2D eigenvalue weighted by Gasteiger charge is 1.86. The number of primary amides is 1. The summed E-state index contributed by atoms with van der Waals surface area (Å²) in [5.74, 6) is -1.01. The van der Waals surface area contributed by atoms with Crippen molar-refractivity contribution in [2.75, 3.05) is 0 Å². The zero-order valence-corrected chi connectivity index (χ0v) is 7.25. The van der Waals surface area contributed by atoms with Crippen molar-refractivity contribution in [3.8, 4) is 0 Å². The van der Waals surface area contributed by atoms with Crippen LogP contribution >= 0.6 is 0 Å². The molecule has 0 spiro atoms. The number of carboxylic acid groups (broad SMARTS) is 1. The van der Waals surface area contributed by atoms with Crippen molar-refractivity contribution in [3.63, 3.8) is 0 Å². The van der Waals surface area contributed by atoms with Crippen molar-refractivity contribution >= 4 is 11.9 Å². The molecule has 0 aromatic carbocycles. The minimum atomic E-state index is -0.745. The van der Waals surface area contributed by atoms with Crippen molar-refractivity contribution in [1.82, 2.24) is 0 Å². The highest BCUT2D eigenvalue weighted by molar-refractivity contribution is 5.73. The van der Waals surface area contributed by atoms with E-state index in [1.807, 2.05) is 0 Å². The van der Waals surface area contributed by atoms with Gasteiger partial charge < -0.3 is 10.8 Å². The summed E-state index contributed by atoms with van der Waals surface area (Å²) in [5.41, 5.74) is 4.79. The van der Waals surface area contributed by atoms with E-state index in [4.69, 9.17) is 10.8 Å². The number of allylic oxidation sites excluding steroid dienone is 1. The van der Waals surface area contributed by atoms with Crippen molar-refractivity contribution in [2.24, 2.45) is 5.73 Å². The van der Waals surface area contributed by atoms with Gasteiger partial charge in [-0.05, 0) is 6.42 Å². The lowest BCUT2D eigenvalue weighted by atomic mass is 10.3. The Bertz CT molecular complexity index is 154. The van der Waals surface area contributed by atoms with E-state index in [2.05, 4.69) is 6.58 Å². The predicted octanol–water partition coefficient (Wildman–Crippen LogP) is 0.919. The van der Waals surface area contributed by atoms with E-state index in [0.29, 0.717) is 12.8 Å². The molecule has 4 nitrogen and oxygen atoms in total. The summed E-state index contributed by atoms with van der Waals surface area (Å²) in [5, 5.41) is 7.72. The summed E-state index contributed by atoms with van der Waals surface area (Å²) in [6, 6.07) is 0. The molecule has 0 aliphatic rings. The number of carboxylic acids is 1. The second-order valence-electron chi connectivity index (χ2n) is 2.04. The van der Waals surface area contributed by atoms with E-state index >= 15 is 0 Å². The monoisotopic (exact) mass is 173 g/mol. The van der Waals surface area contributed by atoms with E-state index in [1.165, 1.54) is 0 Å². The van der Waals surface area contributed by atoms with Gasteiger partial charge in [0.2, 0.25) is 5.91 Å². The largest absolute Gasteiger partial charge is 0.481 e. The van der Waals surface area contributed by atoms with Gasteiger partial charge in [0.25, 0.3) is 0 Å². The van der Waals surface area contributed by atoms with E-state index < -0.39 is 5.97 Å². The molecule has 1 amide bonds. The van der Waals surface area contributed by atoms with E-state index in [1.54, 1.807) is 13.0 Å². The number of carbonyl (C=O) groups excluding carboxylic acids is 1. The number of rotatable bonds is 4. The number of nitrogens with two attached hydrogens (primary N) is 1. The van der Waals surface area contributed by atoms with Crippen LogP contribution in [0.15, 0.2) is 12.7 Å². The summed E-state index contributed by atoms with van der Waals surface area (Å²) in [4.78, 5) is 19.3. The maximum atomic E-state index is 9.93. The number of hydrogen-bond acceptors (Lipinski definition) is 2. The molecule has 70 valence electrons. The molecule has 0 radical (unpaired) electrons. The van der Waals surface area contributed by atoms with Crippen LogP contribution in [0.25, 0.3) is 0 Å². The predicted molar refractivity (Wildman–Crippen MR) is 46.6 cm³/mol. The molecule has 0 atom stereocenters. The molecule has 0 heterocycles. The molecule has 0 fully saturated rings. The minimum Gasteiger partial charge on any atom is -0.481 e. The molecule has 0 aromatic rings. The fourth-order valence-electron chi connectivity index (χ4n) is 0.244. The molecule has 0 aromatic heterocycles. The highest BCUT2D eigenvalue weighted by atomic mass is 16.4. The first-order valence-corrected chi connectivity index (χ1v) is 3.65. The van der Waals surface area contributed by atoms with Crippen molar-refractivity contribution in [2.45, 2.75) is 26.2 Å². The lowest BCUT2D eigenvalue weighted by Gasteiger charge is -1.83. The molecule has 3 N–H and O–H groups in total. The summed E-state index contributed by atoms with van der Waals surface area (Å²) < 4.78 is 0. The van der Waals surface area contributed by atoms with E-state index in [-0.39, 0.29) is 12.3 Å². The van der Waals surface area contributed by atoms with Crippen molar-refractivity contribution in [3.05, 3.63) is 12.7 Å². The van der Waals surface area contributed by atoms with Crippen LogP contribution in [-0.2, 0) is 9.59 Å². The zero-order valence-electron chi connectivity index (χ0n) is 7.25. The normalized spacial score (nSPS) is 7.75. The van der Waals surface area contributed by atoms with Gasteiger partial charge in [0.1, 0.15) is 0 Å². The molecule has 12 heavy (non-hydrogen) atoms.